The Bertz CT molecular complexity index is 750. The van der Waals surface area contributed by atoms with Gasteiger partial charge in [-0.3, -0.25) is 5.10 Å². The summed E-state index contributed by atoms with van der Waals surface area (Å²) in [6, 6.07) is 0. The van der Waals surface area contributed by atoms with E-state index in [-0.39, 0.29) is 10.8 Å². The third-order valence-electron chi connectivity index (χ3n) is 4.31. The molecular formula is C12H20N4O4S2. The molecule has 0 radical (unpaired) electrons. The molecule has 2 aliphatic heterocycles. The molecule has 1 N–H and O–H groups in total. The van der Waals surface area contributed by atoms with Gasteiger partial charge in [0.15, 0.2) is 9.84 Å². The highest BCUT2D eigenvalue weighted by Gasteiger charge is 2.38. The van der Waals surface area contributed by atoms with Crippen LogP contribution in [-0.4, -0.2) is 68.1 Å². The third kappa shape index (κ3) is 2.80. The highest BCUT2D eigenvalue weighted by atomic mass is 32.2. The van der Waals surface area contributed by atoms with Gasteiger partial charge in [-0.2, -0.15) is 22.1 Å². The molecular weight excluding hydrogens is 328 g/mol. The number of nitrogens with one attached hydrogen (secondary N) is 1. The van der Waals surface area contributed by atoms with Crippen molar-refractivity contribution in [3.63, 3.8) is 0 Å². The number of aromatic amines is 1. The smallest absolute Gasteiger partial charge is 0.281 e. The number of aromatic nitrogens is 2. The molecule has 3 rings (SSSR count). The topological polar surface area (TPSA) is 103 Å². The Balaban J connectivity index is 1.80. The zero-order chi connectivity index (χ0) is 16.0. The van der Waals surface area contributed by atoms with E-state index in [1.165, 1.54) is 14.8 Å². The summed E-state index contributed by atoms with van der Waals surface area (Å²) in [5.74, 6) is -0.162. The van der Waals surface area contributed by atoms with Crippen molar-refractivity contribution in [1.82, 2.24) is 18.8 Å². The Morgan fingerprint density at radius 1 is 1.14 bits per heavy atom. The van der Waals surface area contributed by atoms with Crippen LogP contribution < -0.4 is 0 Å². The summed E-state index contributed by atoms with van der Waals surface area (Å²) in [5, 5.41) is 6.55. The van der Waals surface area contributed by atoms with Gasteiger partial charge in [-0.05, 0) is 19.3 Å². The van der Waals surface area contributed by atoms with Crippen molar-refractivity contribution in [3.8, 4) is 0 Å². The Labute approximate surface area is 130 Å². The second kappa shape index (κ2) is 5.59. The normalized spacial score (nSPS) is 25.0. The molecule has 1 aromatic heterocycles. The molecule has 0 bridgehead atoms. The monoisotopic (exact) mass is 348 g/mol. The molecule has 8 nitrogen and oxygen atoms in total. The maximum absolute atomic E-state index is 12.5. The molecule has 0 spiro atoms. The van der Waals surface area contributed by atoms with Crippen LogP contribution in [0.3, 0.4) is 0 Å². The molecule has 10 heteroatoms. The summed E-state index contributed by atoms with van der Waals surface area (Å²) in [6.07, 6.45) is 4.82. The maximum atomic E-state index is 12.5. The lowest BCUT2D eigenvalue weighted by Crippen LogP contribution is -2.41. The highest BCUT2D eigenvalue weighted by Crippen LogP contribution is 2.32. The SMILES string of the molecule is CS(=O)(=O)c1cn[nH]c1C1CCN(S(=O)(=O)N2CCCC2)C1. The van der Waals surface area contributed by atoms with Gasteiger partial charge in [0.25, 0.3) is 10.2 Å². The van der Waals surface area contributed by atoms with Gasteiger partial charge in [0.2, 0.25) is 0 Å². The van der Waals surface area contributed by atoms with Gasteiger partial charge in [0.1, 0.15) is 4.90 Å². The molecule has 0 aromatic carbocycles. The molecule has 2 saturated heterocycles. The first-order valence-corrected chi connectivity index (χ1v) is 10.6. The lowest BCUT2D eigenvalue weighted by molar-refractivity contribution is 0.395. The zero-order valence-corrected chi connectivity index (χ0v) is 14.0. The molecule has 1 unspecified atom stereocenters. The van der Waals surface area contributed by atoms with Gasteiger partial charge in [0.05, 0.1) is 11.9 Å². The quantitative estimate of drug-likeness (QED) is 0.821. The molecule has 2 fully saturated rings. The van der Waals surface area contributed by atoms with E-state index < -0.39 is 20.0 Å². The summed E-state index contributed by atoms with van der Waals surface area (Å²) in [6.45, 7) is 1.85. The number of hydrogen-bond acceptors (Lipinski definition) is 5. The third-order valence-corrected chi connectivity index (χ3v) is 7.43. The van der Waals surface area contributed by atoms with Crippen molar-refractivity contribution in [1.29, 1.82) is 0 Å². The average Bonchev–Trinajstić information content (AvgIpc) is 3.18. The van der Waals surface area contributed by atoms with E-state index in [1.54, 1.807) is 0 Å². The van der Waals surface area contributed by atoms with E-state index in [4.69, 9.17) is 0 Å². The number of sulfone groups is 1. The van der Waals surface area contributed by atoms with Crippen LogP contribution in [0.5, 0.6) is 0 Å². The zero-order valence-electron chi connectivity index (χ0n) is 12.4. The second-order valence-electron chi connectivity index (χ2n) is 5.88. The summed E-state index contributed by atoms with van der Waals surface area (Å²) in [7, 11) is -6.80. The van der Waals surface area contributed by atoms with Crippen LogP contribution in [0.4, 0.5) is 0 Å². The number of nitrogens with zero attached hydrogens (tertiary/aromatic N) is 3. The fourth-order valence-electron chi connectivity index (χ4n) is 3.13. The van der Waals surface area contributed by atoms with Gasteiger partial charge in [-0.1, -0.05) is 0 Å². The highest BCUT2D eigenvalue weighted by molar-refractivity contribution is 7.90. The number of hydrogen-bond donors (Lipinski definition) is 1. The van der Waals surface area contributed by atoms with Gasteiger partial charge >= 0.3 is 0 Å². The van der Waals surface area contributed by atoms with Crippen molar-refractivity contribution in [2.45, 2.75) is 30.1 Å². The van der Waals surface area contributed by atoms with E-state index in [9.17, 15) is 16.8 Å². The van der Waals surface area contributed by atoms with Crippen LogP contribution in [-0.2, 0) is 20.0 Å². The molecule has 0 saturated carbocycles. The van der Waals surface area contributed by atoms with E-state index in [2.05, 4.69) is 10.2 Å². The first-order chi connectivity index (χ1) is 10.3. The molecule has 3 heterocycles. The first kappa shape index (κ1) is 15.9. The van der Waals surface area contributed by atoms with Crippen molar-refractivity contribution >= 4 is 20.0 Å². The first-order valence-electron chi connectivity index (χ1n) is 7.28. The Hall–Kier alpha value is -0.970. The van der Waals surface area contributed by atoms with Crippen molar-refractivity contribution in [3.05, 3.63) is 11.9 Å². The number of rotatable bonds is 4. The fourth-order valence-corrected chi connectivity index (χ4v) is 5.74. The molecule has 124 valence electrons. The minimum Gasteiger partial charge on any atom is -0.281 e. The van der Waals surface area contributed by atoms with E-state index in [1.807, 2.05) is 0 Å². The van der Waals surface area contributed by atoms with Crippen molar-refractivity contribution in [2.24, 2.45) is 0 Å². The molecule has 1 atom stereocenters. The van der Waals surface area contributed by atoms with Crippen molar-refractivity contribution in [2.75, 3.05) is 32.4 Å². The van der Waals surface area contributed by atoms with Crippen LogP contribution in [0.15, 0.2) is 11.1 Å². The minimum absolute atomic E-state index is 0.162. The molecule has 0 amide bonds. The van der Waals surface area contributed by atoms with Crippen LogP contribution in [0, 0.1) is 0 Å². The van der Waals surface area contributed by atoms with Crippen LogP contribution in [0.25, 0.3) is 0 Å². The largest absolute Gasteiger partial charge is 0.281 e. The van der Waals surface area contributed by atoms with Crippen LogP contribution in [0.2, 0.25) is 0 Å². The van der Waals surface area contributed by atoms with E-state index in [0.29, 0.717) is 38.3 Å². The Kier molecular flexibility index (Phi) is 4.04. The lowest BCUT2D eigenvalue weighted by Gasteiger charge is -2.23. The maximum Gasteiger partial charge on any atom is 0.281 e. The molecule has 0 aliphatic carbocycles. The Morgan fingerprint density at radius 2 is 1.82 bits per heavy atom. The summed E-state index contributed by atoms with van der Waals surface area (Å²) >= 11 is 0. The second-order valence-corrected chi connectivity index (χ2v) is 9.79. The predicted octanol–water partition coefficient (Wildman–Crippen LogP) is -0.0569. The van der Waals surface area contributed by atoms with Crippen molar-refractivity contribution < 1.29 is 16.8 Å². The fraction of sp³-hybridized carbons (Fsp3) is 0.750. The Morgan fingerprint density at radius 3 is 2.45 bits per heavy atom. The average molecular weight is 348 g/mol. The molecule has 1 aromatic rings. The van der Waals surface area contributed by atoms with Crippen LogP contribution in [0.1, 0.15) is 30.9 Å². The van der Waals surface area contributed by atoms with Crippen LogP contribution >= 0.6 is 0 Å². The lowest BCUT2D eigenvalue weighted by atomic mass is 10.1. The number of H-pyrrole nitrogens is 1. The van der Waals surface area contributed by atoms with Gasteiger partial charge in [0, 0.05) is 38.4 Å². The van der Waals surface area contributed by atoms with Gasteiger partial charge in [-0.15, -0.1) is 0 Å². The molecule has 2 aliphatic rings. The van der Waals surface area contributed by atoms with Gasteiger partial charge in [-0.25, -0.2) is 8.42 Å². The summed E-state index contributed by atoms with van der Waals surface area (Å²) < 4.78 is 51.6. The van der Waals surface area contributed by atoms with E-state index >= 15 is 0 Å². The molecule has 22 heavy (non-hydrogen) atoms. The summed E-state index contributed by atoms with van der Waals surface area (Å²) in [5.41, 5.74) is 0.515. The predicted molar refractivity (Wildman–Crippen MR) is 80.4 cm³/mol. The van der Waals surface area contributed by atoms with Gasteiger partial charge < -0.3 is 0 Å². The standard InChI is InChI=1S/C12H20N4O4S2/c1-21(17,18)11-8-13-14-12(11)10-4-7-16(9-10)22(19,20)15-5-2-3-6-15/h8,10H,2-7,9H2,1H3,(H,13,14). The van der Waals surface area contributed by atoms with E-state index in [0.717, 1.165) is 19.1 Å². The minimum atomic E-state index is -3.43. The summed E-state index contributed by atoms with van der Waals surface area (Å²) in [4.78, 5) is 0.165.